The number of nitrogens with zero attached hydrogens (tertiary/aromatic N) is 7. The first-order chi connectivity index (χ1) is 17.5. The summed E-state index contributed by atoms with van der Waals surface area (Å²) in [5, 5.41) is 2.28. The van der Waals surface area contributed by atoms with Gasteiger partial charge in [0.05, 0.1) is 6.54 Å². The molecule has 9 nitrogen and oxygen atoms in total. The van der Waals surface area contributed by atoms with E-state index < -0.39 is 0 Å². The molecule has 0 bridgehead atoms. The highest BCUT2D eigenvalue weighted by Gasteiger charge is 2.26. The van der Waals surface area contributed by atoms with Crippen molar-refractivity contribution in [2.45, 2.75) is 6.54 Å². The van der Waals surface area contributed by atoms with Gasteiger partial charge in [0.2, 0.25) is 5.95 Å². The molecule has 5 aromatic rings. The van der Waals surface area contributed by atoms with Gasteiger partial charge in [-0.3, -0.25) is 18.5 Å². The Morgan fingerprint density at radius 1 is 0.806 bits per heavy atom. The maximum atomic E-state index is 13.4. The Morgan fingerprint density at radius 3 is 2.31 bits per heavy atom. The summed E-state index contributed by atoms with van der Waals surface area (Å²) >= 11 is 0. The van der Waals surface area contributed by atoms with Crippen LogP contribution in [0.4, 0.5) is 11.8 Å². The lowest BCUT2D eigenvalue weighted by Crippen LogP contribution is -2.47. The average molecular weight is 482 g/mol. The van der Waals surface area contributed by atoms with Crippen molar-refractivity contribution in [3.8, 4) is 0 Å². The Balaban J connectivity index is 1.47. The van der Waals surface area contributed by atoms with E-state index in [0.29, 0.717) is 23.7 Å². The summed E-state index contributed by atoms with van der Waals surface area (Å²) in [6.07, 6.45) is 1.81. The summed E-state index contributed by atoms with van der Waals surface area (Å²) < 4.78 is 4.60. The summed E-state index contributed by atoms with van der Waals surface area (Å²) in [5.74, 6) is 1.66. The zero-order valence-corrected chi connectivity index (χ0v) is 20.3. The zero-order chi connectivity index (χ0) is 24.8. The molecule has 2 aromatic carbocycles. The predicted molar refractivity (Wildman–Crippen MR) is 142 cm³/mol. The van der Waals surface area contributed by atoms with Gasteiger partial charge in [0.25, 0.3) is 5.56 Å². The van der Waals surface area contributed by atoms with Crippen LogP contribution in [-0.2, 0) is 20.6 Å². The Kier molecular flexibility index (Phi) is 5.32. The molecule has 1 saturated heterocycles. The fourth-order valence-corrected chi connectivity index (χ4v) is 5.10. The molecule has 9 heteroatoms. The lowest BCUT2D eigenvalue weighted by Gasteiger charge is -2.36. The molecule has 0 radical (unpaired) electrons. The Labute approximate surface area is 207 Å². The van der Waals surface area contributed by atoms with Crippen LogP contribution in [0.2, 0.25) is 0 Å². The van der Waals surface area contributed by atoms with Gasteiger partial charge in [0, 0.05) is 46.5 Å². The predicted octanol–water partition coefficient (Wildman–Crippen LogP) is 2.36. The molecular formula is C27H27N7O2. The van der Waals surface area contributed by atoms with E-state index in [9.17, 15) is 9.59 Å². The summed E-state index contributed by atoms with van der Waals surface area (Å²) in [7, 11) is 3.19. The third kappa shape index (κ3) is 3.55. The molecule has 36 heavy (non-hydrogen) atoms. The van der Waals surface area contributed by atoms with E-state index in [0.717, 1.165) is 52.9 Å². The number of anilines is 2. The van der Waals surface area contributed by atoms with Gasteiger partial charge in [0.1, 0.15) is 5.82 Å². The molecular weight excluding hydrogens is 454 g/mol. The summed E-state index contributed by atoms with van der Waals surface area (Å²) in [5.41, 5.74) is 1.23. The van der Waals surface area contributed by atoms with Crippen molar-refractivity contribution in [2.75, 3.05) is 36.0 Å². The van der Waals surface area contributed by atoms with Crippen molar-refractivity contribution in [3.63, 3.8) is 0 Å². The van der Waals surface area contributed by atoms with Crippen LogP contribution in [0.15, 0.2) is 76.4 Å². The Bertz CT molecular complexity index is 1690. The van der Waals surface area contributed by atoms with Crippen LogP contribution in [0.1, 0.15) is 5.56 Å². The quantitative estimate of drug-likeness (QED) is 0.392. The van der Waals surface area contributed by atoms with Gasteiger partial charge in [-0.05, 0) is 28.5 Å². The molecule has 0 unspecified atom stereocenters. The summed E-state index contributed by atoms with van der Waals surface area (Å²) in [4.78, 5) is 39.9. The van der Waals surface area contributed by atoms with E-state index in [1.54, 1.807) is 7.05 Å². The van der Waals surface area contributed by atoms with E-state index in [2.05, 4.69) is 39.0 Å². The maximum absolute atomic E-state index is 13.4. The SMILES string of the molecule is Cn1c(=O)c2c(nc(N3CCN(c4ccccn4)CC3)n2Cc2cccc3ccccc23)n(C)c1=O. The molecule has 1 aliphatic rings. The van der Waals surface area contributed by atoms with E-state index in [1.807, 2.05) is 47.2 Å². The Hall–Kier alpha value is -4.40. The number of aryl methyl sites for hydroxylation is 1. The highest BCUT2D eigenvalue weighted by Crippen LogP contribution is 2.26. The second-order valence-electron chi connectivity index (χ2n) is 9.18. The second kappa shape index (κ2) is 8.67. The molecule has 0 spiro atoms. The van der Waals surface area contributed by atoms with Crippen LogP contribution >= 0.6 is 0 Å². The number of imidazole rings is 1. The molecule has 1 aliphatic heterocycles. The van der Waals surface area contributed by atoms with Gasteiger partial charge < -0.3 is 9.80 Å². The topological polar surface area (TPSA) is 81.2 Å². The van der Waals surface area contributed by atoms with Crippen molar-refractivity contribution in [2.24, 2.45) is 14.1 Å². The van der Waals surface area contributed by atoms with E-state index >= 15 is 0 Å². The molecule has 1 fully saturated rings. The first kappa shape index (κ1) is 22.1. The largest absolute Gasteiger partial charge is 0.353 e. The molecule has 3 aromatic heterocycles. The molecule has 0 saturated carbocycles. The normalized spacial score (nSPS) is 14.2. The van der Waals surface area contributed by atoms with E-state index in [1.165, 1.54) is 11.6 Å². The number of fused-ring (bicyclic) bond motifs is 2. The number of hydrogen-bond donors (Lipinski definition) is 0. The minimum Gasteiger partial charge on any atom is -0.353 e. The van der Waals surface area contributed by atoms with Crippen LogP contribution < -0.4 is 21.0 Å². The fourth-order valence-electron chi connectivity index (χ4n) is 5.10. The van der Waals surface area contributed by atoms with Crippen LogP contribution in [0.3, 0.4) is 0 Å². The van der Waals surface area contributed by atoms with Gasteiger partial charge in [-0.1, -0.05) is 48.5 Å². The molecule has 0 N–H and O–H groups in total. The minimum atomic E-state index is -0.381. The summed E-state index contributed by atoms with van der Waals surface area (Å²) in [6, 6.07) is 20.4. The van der Waals surface area contributed by atoms with Gasteiger partial charge >= 0.3 is 5.69 Å². The average Bonchev–Trinajstić information content (AvgIpc) is 3.31. The van der Waals surface area contributed by atoms with Crippen molar-refractivity contribution < 1.29 is 0 Å². The highest BCUT2D eigenvalue weighted by atomic mass is 16.2. The van der Waals surface area contributed by atoms with Gasteiger partial charge in [-0.15, -0.1) is 0 Å². The first-order valence-electron chi connectivity index (χ1n) is 12.1. The lowest BCUT2D eigenvalue weighted by atomic mass is 10.0. The highest BCUT2D eigenvalue weighted by molar-refractivity contribution is 5.86. The van der Waals surface area contributed by atoms with Gasteiger partial charge in [-0.2, -0.15) is 4.98 Å². The molecule has 0 atom stereocenters. The number of aromatic nitrogens is 5. The second-order valence-corrected chi connectivity index (χ2v) is 9.18. The van der Waals surface area contributed by atoms with Crippen LogP contribution in [-0.4, -0.2) is 49.8 Å². The molecule has 6 rings (SSSR count). The van der Waals surface area contributed by atoms with Crippen molar-refractivity contribution in [1.29, 1.82) is 0 Å². The van der Waals surface area contributed by atoms with Crippen molar-refractivity contribution in [3.05, 3.63) is 93.3 Å². The fraction of sp³-hybridized carbons (Fsp3) is 0.259. The van der Waals surface area contributed by atoms with E-state index in [4.69, 9.17) is 4.98 Å². The molecule has 0 amide bonds. The lowest BCUT2D eigenvalue weighted by molar-refractivity contribution is 0.621. The van der Waals surface area contributed by atoms with Gasteiger partial charge in [-0.25, -0.2) is 9.78 Å². The number of pyridine rings is 1. The zero-order valence-electron chi connectivity index (χ0n) is 20.3. The minimum absolute atomic E-state index is 0.334. The number of benzene rings is 2. The first-order valence-corrected chi connectivity index (χ1v) is 12.1. The number of hydrogen-bond acceptors (Lipinski definition) is 6. The van der Waals surface area contributed by atoms with Gasteiger partial charge in [0.15, 0.2) is 11.2 Å². The van der Waals surface area contributed by atoms with Crippen LogP contribution in [0.25, 0.3) is 21.9 Å². The van der Waals surface area contributed by atoms with Crippen LogP contribution in [0, 0.1) is 0 Å². The smallest absolute Gasteiger partial charge is 0.332 e. The Morgan fingerprint density at radius 2 is 1.53 bits per heavy atom. The van der Waals surface area contributed by atoms with Crippen LogP contribution in [0.5, 0.6) is 0 Å². The maximum Gasteiger partial charge on any atom is 0.332 e. The van der Waals surface area contributed by atoms with Crippen molar-refractivity contribution >= 4 is 33.7 Å². The standard InChI is InChI=1S/C27H27N7O2/c1-30-24-23(25(35)31(2)27(30)36)34(18-20-10-7-9-19-8-3-4-11-21(19)20)26(29-24)33-16-14-32(15-17-33)22-12-5-6-13-28-22/h3-13H,14-18H2,1-2H3. The summed E-state index contributed by atoms with van der Waals surface area (Å²) in [6.45, 7) is 3.49. The third-order valence-corrected chi connectivity index (χ3v) is 7.07. The monoisotopic (exact) mass is 481 g/mol. The molecule has 182 valence electrons. The van der Waals surface area contributed by atoms with E-state index in [-0.39, 0.29) is 11.2 Å². The number of piperazine rings is 1. The third-order valence-electron chi connectivity index (χ3n) is 7.07. The molecule has 0 aliphatic carbocycles. The number of rotatable bonds is 4. The molecule has 4 heterocycles. The van der Waals surface area contributed by atoms with Crippen molar-refractivity contribution in [1.82, 2.24) is 23.7 Å².